The minimum Gasteiger partial charge on any atom is -0.313 e. The molecule has 1 heterocycles. The van der Waals surface area contributed by atoms with Crippen LogP contribution in [0, 0.1) is 0 Å². The highest BCUT2D eigenvalue weighted by molar-refractivity contribution is 6.30. The maximum atomic E-state index is 12.7. The van der Waals surface area contributed by atoms with Gasteiger partial charge in [0.15, 0.2) is 5.69 Å². The van der Waals surface area contributed by atoms with Gasteiger partial charge in [0.1, 0.15) is 5.56 Å². The number of hydrogen-bond donors (Lipinski definition) is 0. The number of nitrogens with zero attached hydrogens (tertiary/aromatic N) is 3. The highest BCUT2D eigenvalue weighted by Crippen LogP contribution is 2.30. The minimum atomic E-state index is -4.75. The summed E-state index contributed by atoms with van der Waals surface area (Å²) in [5.74, 6) is -1.24. The van der Waals surface area contributed by atoms with E-state index < -0.39 is 23.4 Å². The molecule has 5 nitrogen and oxygen atoms in total. The van der Waals surface area contributed by atoms with Gasteiger partial charge in [0.25, 0.3) is 0 Å². The maximum absolute atomic E-state index is 12.7. The summed E-state index contributed by atoms with van der Waals surface area (Å²) in [5.41, 5.74) is -1.45. The summed E-state index contributed by atoms with van der Waals surface area (Å²) >= 11 is 5.69. The third kappa shape index (κ3) is 3.85. The summed E-state index contributed by atoms with van der Waals surface area (Å²) in [7, 11) is 1.27. The van der Waals surface area contributed by atoms with E-state index in [0.717, 1.165) is 10.9 Å². The fourth-order valence-electron chi connectivity index (χ4n) is 1.58. The number of oxime groups is 1. The van der Waals surface area contributed by atoms with Crippen molar-refractivity contribution in [1.29, 1.82) is 0 Å². The SMILES string of the molecule is Cn1cc(C(=O)O/N=C\c2ccc(Cl)cc2)c(C(F)(F)F)n1. The molecule has 2 aromatic rings. The second-order valence-corrected chi connectivity index (χ2v) is 4.66. The molecule has 1 aromatic carbocycles. The van der Waals surface area contributed by atoms with E-state index in [4.69, 9.17) is 11.6 Å². The molecule has 0 saturated carbocycles. The van der Waals surface area contributed by atoms with Gasteiger partial charge in [0.05, 0.1) is 6.21 Å². The first-order valence-corrected chi connectivity index (χ1v) is 6.26. The van der Waals surface area contributed by atoms with Gasteiger partial charge in [-0.25, -0.2) is 4.79 Å². The van der Waals surface area contributed by atoms with E-state index in [1.807, 2.05) is 0 Å². The fourth-order valence-corrected chi connectivity index (χ4v) is 1.71. The molecule has 0 N–H and O–H groups in total. The van der Waals surface area contributed by atoms with Crippen molar-refractivity contribution < 1.29 is 22.8 Å². The molecule has 0 amide bonds. The molecule has 116 valence electrons. The van der Waals surface area contributed by atoms with Gasteiger partial charge in [-0.3, -0.25) is 4.68 Å². The molecule has 2 rings (SSSR count). The zero-order chi connectivity index (χ0) is 16.3. The van der Waals surface area contributed by atoms with Crippen LogP contribution in [0.3, 0.4) is 0 Å². The molecule has 0 spiro atoms. The first kappa shape index (κ1) is 16.0. The zero-order valence-corrected chi connectivity index (χ0v) is 11.9. The Bertz CT molecular complexity index is 708. The normalized spacial score (nSPS) is 11.9. The van der Waals surface area contributed by atoms with Crippen molar-refractivity contribution in [2.24, 2.45) is 12.2 Å². The van der Waals surface area contributed by atoms with Crippen LogP contribution in [0.2, 0.25) is 5.02 Å². The minimum absolute atomic E-state index is 0.513. The standard InChI is InChI=1S/C13H9ClF3N3O2/c1-20-7-10(11(19-20)13(15,16)17)12(21)22-18-6-8-2-4-9(14)5-3-8/h2-7H,1H3/b18-6-. The van der Waals surface area contributed by atoms with Crippen LogP contribution >= 0.6 is 11.6 Å². The third-order valence-corrected chi connectivity index (χ3v) is 2.78. The lowest BCUT2D eigenvalue weighted by Crippen LogP contribution is -2.13. The van der Waals surface area contributed by atoms with E-state index in [-0.39, 0.29) is 0 Å². The van der Waals surface area contributed by atoms with E-state index in [9.17, 15) is 18.0 Å². The van der Waals surface area contributed by atoms with Gasteiger partial charge >= 0.3 is 12.1 Å². The van der Waals surface area contributed by atoms with Crippen molar-refractivity contribution in [3.63, 3.8) is 0 Å². The number of halogens is 4. The van der Waals surface area contributed by atoms with Crippen LogP contribution in [0.25, 0.3) is 0 Å². The second-order valence-electron chi connectivity index (χ2n) is 4.23. The number of aryl methyl sites for hydroxylation is 1. The van der Waals surface area contributed by atoms with Crippen molar-refractivity contribution in [2.45, 2.75) is 6.18 Å². The number of carbonyl (C=O) groups is 1. The Morgan fingerprint density at radius 2 is 2.00 bits per heavy atom. The molecule has 0 aliphatic heterocycles. The highest BCUT2D eigenvalue weighted by atomic mass is 35.5. The van der Waals surface area contributed by atoms with Crippen LogP contribution in [0.15, 0.2) is 35.6 Å². The molecule has 0 fully saturated rings. The predicted molar refractivity (Wildman–Crippen MR) is 72.7 cm³/mol. The number of hydrogen-bond acceptors (Lipinski definition) is 4. The van der Waals surface area contributed by atoms with Crippen LogP contribution in [0.4, 0.5) is 13.2 Å². The van der Waals surface area contributed by atoms with Gasteiger partial charge in [-0.05, 0) is 17.7 Å². The summed E-state index contributed by atoms with van der Waals surface area (Å²) < 4.78 is 39.0. The largest absolute Gasteiger partial charge is 0.436 e. The topological polar surface area (TPSA) is 56.5 Å². The van der Waals surface area contributed by atoms with Crippen molar-refractivity contribution in [3.8, 4) is 0 Å². The second kappa shape index (κ2) is 6.18. The van der Waals surface area contributed by atoms with Crippen LogP contribution in [0.1, 0.15) is 21.6 Å². The number of aromatic nitrogens is 2. The monoisotopic (exact) mass is 331 g/mol. The van der Waals surface area contributed by atoms with Gasteiger partial charge in [0, 0.05) is 18.3 Å². The molecule has 0 radical (unpaired) electrons. The average molecular weight is 332 g/mol. The molecule has 22 heavy (non-hydrogen) atoms. The number of benzene rings is 1. The highest BCUT2D eigenvalue weighted by Gasteiger charge is 2.39. The van der Waals surface area contributed by atoms with Gasteiger partial charge in [0.2, 0.25) is 0 Å². The average Bonchev–Trinajstić information content (AvgIpc) is 2.83. The maximum Gasteiger partial charge on any atom is 0.436 e. The van der Waals surface area contributed by atoms with Crippen LogP contribution in [0.5, 0.6) is 0 Å². The summed E-state index contributed by atoms with van der Waals surface area (Å²) in [4.78, 5) is 16.1. The molecule has 0 atom stereocenters. The lowest BCUT2D eigenvalue weighted by Gasteiger charge is -2.03. The summed E-state index contributed by atoms with van der Waals surface area (Å²) in [6.07, 6.45) is -2.66. The van der Waals surface area contributed by atoms with Crippen LogP contribution < -0.4 is 0 Å². The lowest BCUT2D eigenvalue weighted by atomic mass is 10.2. The summed E-state index contributed by atoms with van der Waals surface area (Å²) in [6.45, 7) is 0. The van der Waals surface area contributed by atoms with Gasteiger partial charge in [-0.2, -0.15) is 18.3 Å². The lowest BCUT2D eigenvalue weighted by molar-refractivity contribution is -0.142. The van der Waals surface area contributed by atoms with Crippen molar-refractivity contribution in [1.82, 2.24) is 9.78 Å². The molecular formula is C13H9ClF3N3O2. The first-order chi connectivity index (χ1) is 10.3. The van der Waals surface area contributed by atoms with Crippen molar-refractivity contribution in [3.05, 3.63) is 52.3 Å². The number of alkyl halides is 3. The Morgan fingerprint density at radius 3 is 2.59 bits per heavy atom. The third-order valence-electron chi connectivity index (χ3n) is 2.52. The number of rotatable bonds is 3. The van der Waals surface area contributed by atoms with E-state index >= 15 is 0 Å². The van der Waals surface area contributed by atoms with Gasteiger partial charge < -0.3 is 4.84 Å². The Hall–Kier alpha value is -2.35. The van der Waals surface area contributed by atoms with E-state index in [1.54, 1.807) is 24.3 Å². The smallest absolute Gasteiger partial charge is 0.313 e. The summed E-state index contributed by atoms with van der Waals surface area (Å²) in [5, 5.41) is 7.07. The molecule has 0 saturated heterocycles. The predicted octanol–water partition coefficient (Wildman–Crippen LogP) is 3.28. The Balaban J connectivity index is 2.11. The molecule has 0 aliphatic rings. The van der Waals surface area contributed by atoms with Crippen molar-refractivity contribution in [2.75, 3.05) is 0 Å². The van der Waals surface area contributed by atoms with Crippen molar-refractivity contribution >= 4 is 23.8 Å². The Kier molecular flexibility index (Phi) is 4.51. The molecular weight excluding hydrogens is 323 g/mol. The zero-order valence-electron chi connectivity index (χ0n) is 11.1. The van der Waals surface area contributed by atoms with Crippen LogP contribution in [-0.2, 0) is 18.1 Å². The van der Waals surface area contributed by atoms with Gasteiger partial charge in [-0.1, -0.05) is 28.9 Å². The Labute approximate surface area is 127 Å². The molecule has 9 heteroatoms. The summed E-state index contributed by atoms with van der Waals surface area (Å²) in [6, 6.07) is 6.39. The van der Waals surface area contributed by atoms with Crippen LogP contribution in [-0.4, -0.2) is 22.0 Å². The van der Waals surface area contributed by atoms with Gasteiger partial charge in [-0.15, -0.1) is 0 Å². The quantitative estimate of drug-likeness (QED) is 0.492. The van der Waals surface area contributed by atoms with E-state index in [1.165, 1.54) is 13.3 Å². The molecule has 0 aliphatic carbocycles. The van der Waals surface area contributed by atoms with E-state index in [2.05, 4.69) is 15.1 Å². The van der Waals surface area contributed by atoms with E-state index in [0.29, 0.717) is 10.6 Å². The Morgan fingerprint density at radius 1 is 1.36 bits per heavy atom. The molecule has 0 bridgehead atoms. The molecule has 0 unspecified atom stereocenters. The number of carbonyl (C=O) groups excluding carboxylic acids is 1. The first-order valence-electron chi connectivity index (χ1n) is 5.88. The fraction of sp³-hybridized carbons (Fsp3) is 0.154. The molecule has 1 aromatic heterocycles.